The smallest absolute Gasteiger partial charge is 0.322 e. The van der Waals surface area contributed by atoms with E-state index in [9.17, 15) is 9.18 Å². The van der Waals surface area contributed by atoms with Crippen LogP contribution in [0.2, 0.25) is 0 Å². The molecule has 2 aliphatic rings. The second kappa shape index (κ2) is 7.83. The minimum absolute atomic E-state index is 0.111. The van der Waals surface area contributed by atoms with Crippen LogP contribution in [-0.2, 0) is 4.74 Å². The van der Waals surface area contributed by atoms with Crippen LogP contribution in [0.25, 0.3) is 0 Å². The van der Waals surface area contributed by atoms with Gasteiger partial charge in [0, 0.05) is 32.3 Å². The lowest BCUT2D eigenvalue weighted by molar-refractivity contribution is 0.143. The number of piperidine rings is 1. The maximum atomic E-state index is 13.7. The highest BCUT2D eigenvalue weighted by Crippen LogP contribution is 2.30. The Balaban J connectivity index is 1.77. The molecule has 1 N–H and O–H groups in total. The predicted molar refractivity (Wildman–Crippen MR) is 93.1 cm³/mol. The zero-order valence-electron chi connectivity index (χ0n) is 14.3. The van der Waals surface area contributed by atoms with Crippen molar-refractivity contribution in [1.29, 1.82) is 0 Å². The summed E-state index contributed by atoms with van der Waals surface area (Å²) in [5.41, 5.74) is 1.46. The molecule has 1 atom stereocenters. The van der Waals surface area contributed by atoms with Crippen LogP contribution in [0, 0.1) is 5.82 Å². The molecule has 3 rings (SSSR count). The van der Waals surface area contributed by atoms with Crippen LogP contribution >= 0.6 is 0 Å². The summed E-state index contributed by atoms with van der Waals surface area (Å²) in [6, 6.07) is 4.57. The van der Waals surface area contributed by atoms with Crippen LogP contribution in [0.4, 0.5) is 20.6 Å². The zero-order valence-corrected chi connectivity index (χ0v) is 14.3. The second-order valence-electron chi connectivity index (χ2n) is 6.58. The summed E-state index contributed by atoms with van der Waals surface area (Å²) in [6.45, 7) is 5.68. The number of halogens is 1. The quantitative estimate of drug-likeness (QED) is 0.900. The van der Waals surface area contributed by atoms with Crippen molar-refractivity contribution in [3.8, 4) is 0 Å². The SMILES string of the molecule is C[C@@H]1CCOCCN1C(=O)Nc1cc(F)ccc1N1CCCCC1. The number of benzene rings is 1. The van der Waals surface area contributed by atoms with E-state index in [1.165, 1.54) is 18.6 Å². The third kappa shape index (κ3) is 3.98. The monoisotopic (exact) mass is 335 g/mol. The summed E-state index contributed by atoms with van der Waals surface area (Å²) in [7, 11) is 0. The Labute approximate surface area is 142 Å². The van der Waals surface area contributed by atoms with E-state index in [0.29, 0.717) is 25.4 Å². The van der Waals surface area contributed by atoms with Gasteiger partial charge in [-0.3, -0.25) is 0 Å². The van der Waals surface area contributed by atoms with E-state index in [4.69, 9.17) is 4.74 Å². The number of amides is 2. The molecule has 2 saturated heterocycles. The van der Waals surface area contributed by atoms with E-state index in [2.05, 4.69) is 10.2 Å². The van der Waals surface area contributed by atoms with Gasteiger partial charge >= 0.3 is 6.03 Å². The molecule has 1 aromatic rings. The average Bonchev–Trinajstić information content (AvgIpc) is 2.80. The van der Waals surface area contributed by atoms with Gasteiger partial charge in [0.05, 0.1) is 18.0 Å². The first-order chi connectivity index (χ1) is 11.6. The molecule has 0 radical (unpaired) electrons. The molecule has 0 aliphatic carbocycles. The summed E-state index contributed by atoms with van der Waals surface area (Å²) in [6.07, 6.45) is 4.30. The molecule has 2 aliphatic heterocycles. The molecule has 1 aromatic carbocycles. The highest BCUT2D eigenvalue weighted by atomic mass is 19.1. The molecule has 0 spiro atoms. The third-order valence-corrected chi connectivity index (χ3v) is 4.85. The molecule has 0 unspecified atom stereocenters. The van der Waals surface area contributed by atoms with Gasteiger partial charge in [-0.15, -0.1) is 0 Å². The minimum Gasteiger partial charge on any atom is -0.380 e. The Hall–Kier alpha value is -1.82. The van der Waals surface area contributed by atoms with Crippen molar-refractivity contribution in [3.05, 3.63) is 24.0 Å². The highest BCUT2D eigenvalue weighted by Gasteiger charge is 2.24. The fraction of sp³-hybridized carbons (Fsp3) is 0.611. The van der Waals surface area contributed by atoms with Crippen molar-refractivity contribution in [2.24, 2.45) is 0 Å². The topological polar surface area (TPSA) is 44.8 Å². The number of hydrogen-bond acceptors (Lipinski definition) is 3. The number of ether oxygens (including phenoxy) is 1. The molecule has 24 heavy (non-hydrogen) atoms. The zero-order chi connectivity index (χ0) is 16.9. The van der Waals surface area contributed by atoms with Crippen molar-refractivity contribution < 1.29 is 13.9 Å². The van der Waals surface area contributed by atoms with Gasteiger partial charge in [0.2, 0.25) is 0 Å². The molecule has 132 valence electrons. The number of nitrogens with zero attached hydrogens (tertiary/aromatic N) is 2. The van der Waals surface area contributed by atoms with E-state index < -0.39 is 0 Å². The lowest BCUT2D eigenvalue weighted by Gasteiger charge is -2.32. The summed E-state index contributed by atoms with van der Waals surface area (Å²) >= 11 is 0. The summed E-state index contributed by atoms with van der Waals surface area (Å²) in [4.78, 5) is 16.7. The lowest BCUT2D eigenvalue weighted by atomic mass is 10.1. The van der Waals surface area contributed by atoms with E-state index in [1.807, 2.05) is 6.92 Å². The first-order valence-electron chi connectivity index (χ1n) is 8.85. The summed E-state index contributed by atoms with van der Waals surface area (Å²) < 4.78 is 19.2. The number of carbonyl (C=O) groups is 1. The Kier molecular flexibility index (Phi) is 5.56. The van der Waals surface area contributed by atoms with Gasteiger partial charge in [-0.1, -0.05) is 0 Å². The number of anilines is 2. The maximum Gasteiger partial charge on any atom is 0.322 e. The molecular weight excluding hydrogens is 309 g/mol. The van der Waals surface area contributed by atoms with Crippen molar-refractivity contribution in [1.82, 2.24) is 4.90 Å². The van der Waals surface area contributed by atoms with Gasteiger partial charge in [0.15, 0.2) is 0 Å². The Morgan fingerprint density at radius 1 is 1.21 bits per heavy atom. The molecule has 2 heterocycles. The van der Waals surface area contributed by atoms with E-state index in [1.54, 1.807) is 11.0 Å². The molecular formula is C18H26FN3O2. The maximum absolute atomic E-state index is 13.7. The van der Waals surface area contributed by atoms with Gasteiger partial charge in [0.1, 0.15) is 5.82 Å². The third-order valence-electron chi connectivity index (χ3n) is 4.85. The van der Waals surface area contributed by atoms with E-state index in [-0.39, 0.29) is 17.9 Å². The second-order valence-corrected chi connectivity index (χ2v) is 6.58. The van der Waals surface area contributed by atoms with Gasteiger partial charge in [-0.25, -0.2) is 9.18 Å². The Morgan fingerprint density at radius 3 is 2.79 bits per heavy atom. The molecule has 0 aromatic heterocycles. The number of carbonyl (C=O) groups excluding carboxylic acids is 1. The summed E-state index contributed by atoms with van der Waals surface area (Å²) in [5.74, 6) is -0.335. The molecule has 0 saturated carbocycles. The number of urea groups is 1. The van der Waals surface area contributed by atoms with Crippen LogP contribution in [0.1, 0.15) is 32.6 Å². The van der Waals surface area contributed by atoms with Crippen LogP contribution in [0.3, 0.4) is 0 Å². The van der Waals surface area contributed by atoms with Gasteiger partial charge in [-0.2, -0.15) is 0 Å². The van der Waals surface area contributed by atoms with Gasteiger partial charge in [-0.05, 0) is 50.8 Å². The highest BCUT2D eigenvalue weighted by molar-refractivity contribution is 5.93. The molecule has 2 amide bonds. The molecule has 0 bridgehead atoms. The van der Waals surface area contributed by atoms with Gasteiger partial charge in [0.25, 0.3) is 0 Å². The standard InChI is InChI=1S/C18H26FN3O2/c1-14-7-11-24-12-10-22(14)18(23)20-16-13-15(19)5-6-17(16)21-8-3-2-4-9-21/h5-6,13-14H,2-4,7-12H2,1H3,(H,20,23)/t14-/m1/s1. The Morgan fingerprint density at radius 2 is 2.00 bits per heavy atom. The normalized spacial score (nSPS) is 22.2. The van der Waals surface area contributed by atoms with Crippen LogP contribution < -0.4 is 10.2 Å². The number of rotatable bonds is 2. The molecule has 5 nitrogen and oxygen atoms in total. The van der Waals surface area contributed by atoms with Crippen LogP contribution in [0.15, 0.2) is 18.2 Å². The van der Waals surface area contributed by atoms with E-state index in [0.717, 1.165) is 38.0 Å². The molecule has 2 fully saturated rings. The molecule has 6 heteroatoms. The van der Waals surface area contributed by atoms with Crippen molar-refractivity contribution >= 4 is 17.4 Å². The fourth-order valence-electron chi connectivity index (χ4n) is 3.40. The van der Waals surface area contributed by atoms with Crippen molar-refractivity contribution in [3.63, 3.8) is 0 Å². The van der Waals surface area contributed by atoms with Crippen LogP contribution in [-0.4, -0.2) is 49.8 Å². The largest absolute Gasteiger partial charge is 0.380 e. The van der Waals surface area contributed by atoms with Crippen molar-refractivity contribution in [2.45, 2.75) is 38.6 Å². The predicted octanol–water partition coefficient (Wildman–Crippen LogP) is 3.46. The number of hydrogen-bond donors (Lipinski definition) is 1. The van der Waals surface area contributed by atoms with Crippen LogP contribution in [0.5, 0.6) is 0 Å². The average molecular weight is 335 g/mol. The summed E-state index contributed by atoms with van der Waals surface area (Å²) in [5, 5.41) is 2.93. The first kappa shape index (κ1) is 17.0. The minimum atomic E-state index is -0.335. The first-order valence-corrected chi connectivity index (χ1v) is 8.85. The lowest BCUT2D eigenvalue weighted by Crippen LogP contribution is -2.42. The fourth-order valence-corrected chi connectivity index (χ4v) is 3.40. The van der Waals surface area contributed by atoms with Crippen molar-refractivity contribution in [2.75, 3.05) is 43.1 Å². The number of nitrogens with one attached hydrogen (secondary N) is 1. The van der Waals surface area contributed by atoms with E-state index >= 15 is 0 Å². The Bertz CT molecular complexity index is 575. The van der Waals surface area contributed by atoms with Gasteiger partial charge < -0.3 is 19.9 Å².